The van der Waals surface area contributed by atoms with Gasteiger partial charge in [0.2, 0.25) is 5.91 Å². The lowest BCUT2D eigenvalue weighted by Gasteiger charge is -2.36. The summed E-state index contributed by atoms with van der Waals surface area (Å²) in [5, 5.41) is 6.01. The Balaban J connectivity index is 2.11. The van der Waals surface area contributed by atoms with E-state index in [0.717, 1.165) is 39.9 Å². The van der Waals surface area contributed by atoms with E-state index in [1.807, 2.05) is 77.9 Å². The fraction of sp³-hybridized carbons (Fsp3) is 0.545. The molecule has 2 N–H and O–H groups in total. The summed E-state index contributed by atoms with van der Waals surface area (Å²) in [6.45, 7) is 19.4. The largest absolute Gasteiger partial charge is 0.444 e. The maximum atomic E-state index is 14.5. The lowest BCUT2D eigenvalue weighted by molar-refractivity contribution is -0.142. The van der Waals surface area contributed by atoms with Crippen molar-refractivity contribution in [2.45, 2.75) is 106 Å². The standard InChI is InChI=1S/C33H47N3O4/c1-19(2)17-25(34-32(39)40-33(8,9)10)31(38)36(26-18-24(26)7)29(27-20(3)13-11-14-21(27)4)30(37)35-28-22(5)15-12-16-23(28)6/h11-16,19,24-26,29H,17-18H2,1-10H3,(H,34,39)(H,35,37). The fourth-order valence-corrected chi connectivity index (χ4v) is 5.35. The van der Waals surface area contributed by atoms with Crippen molar-refractivity contribution in [3.05, 3.63) is 64.2 Å². The van der Waals surface area contributed by atoms with E-state index in [1.54, 1.807) is 25.7 Å². The molecule has 4 atom stereocenters. The smallest absolute Gasteiger partial charge is 0.408 e. The molecule has 2 aromatic rings. The van der Waals surface area contributed by atoms with Crippen molar-refractivity contribution in [3.63, 3.8) is 0 Å². The Morgan fingerprint density at radius 1 is 0.950 bits per heavy atom. The van der Waals surface area contributed by atoms with Gasteiger partial charge >= 0.3 is 6.09 Å². The van der Waals surface area contributed by atoms with Crippen LogP contribution in [0.4, 0.5) is 10.5 Å². The Kier molecular flexibility index (Phi) is 9.70. The van der Waals surface area contributed by atoms with Crippen molar-refractivity contribution < 1.29 is 19.1 Å². The van der Waals surface area contributed by atoms with Crippen molar-refractivity contribution in [3.8, 4) is 0 Å². The first-order valence-electron chi connectivity index (χ1n) is 14.4. The minimum absolute atomic E-state index is 0.115. The average molecular weight is 550 g/mol. The normalized spacial score (nSPS) is 18.1. The molecule has 40 heavy (non-hydrogen) atoms. The van der Waals surface area contributed by atoms with Gasteiger partial charge in [-0.15, -0.1) is 0 Å². The number of anilines is 1. The minimum Gasteiger partial charge on any atom is -0.444 e. The molecule has 0 heterocycles. The predicted octanol–water partition coefficient (Wildman–Crippen LogP) is 6.78. The lowest BCUT2D eigenvalue weighted by atomic mass is 9.92. The quantitative estimate of drug-likeness (QED) is 0.361. The van der Waals surface area contributed by atoms with E-state index in [-0.39, 0.29) is 29.7 Å². The summed E-state index contributed by atoms with van der Waals surface area (Å²) in [7, 11) is 0. The minimum atomic E-state index is -0.863. The van der Waals surface area contributed by atoms with Gasteiger partial charge in [-0.05, 0) is 101 Å². The zero-order valence-corrected chi connectivity index (χ0v) is 25.8. The summed E-state index contributed by atoms with van der Waals surface area (Å²) in [6, 6.07) is 10.0. The van der Waals surface area contributed by atoms with E-state index in [0.29, 0.717) is 6.42 Å². The van der Waals surface area contributed by atoms with Crippen LogP contribution in [0.1, 0.15) is 88.2 Å². The highest BCUT2D eigenvalue weighted by molar-refractivity contribution is 6.00. The number of para-hydroxylation sites is 1. The molecule has 0 bridgehead atoms. The molecule has 3 amide bonds. The molecule has 1 aliphatic carbocycles. The van der Waals surface area contributed by atoms with Crippen LogP contribution in [-0.4, -0.2) is 40.5 Å². The zero-order valence-electron chi connectivity index (χ0n) is 25.8. The Morgan fingerprint density at radius 3 is 1.90 bits per heavy atom. The first-order valence-corrected chi connectivity index (χ1v) is 14.4. The van der Waals surface area contributed by atoms with Gasteiger partial charge in [-0.2, -0.15) is 0 Å². The number of amides is 3. The van der Waals surface area contributed by atoms with Crippen LogP contribution >= 0.6 is 0 Å². The highest BCUT2D eigenvalue weighted by Crippen LogP contribution is 2.42. The SMILES string of the molecule is Cc1cccc(C)c1NC(=O)C(c1c(C)cccc1C)N(C(=O)C(CC(C)C)NC(=O)OC(C)(C)C)C1CC1C. The number of carbonyl (C=O) groups excluding carboxylic acids is 3. The van der Waals surface area contributed by atoms with Crippen LogP contribution in [0.2, 0.25) is 0 Å². The van der Waals surface area contributed by atoms with Crippen molar-refractivity contribution in [2.75, 3.05) is 5.32 Å². The second-order valence-corrected chi connectivity index (χ2v) is 12.8. The van der Waals surface area contributed by atoms with Gasteiger partial charge in [0.05, 0.1) is 0 Å². The summed E-state index contributed by atoms with van der Waals surface area (Å²) in [5.74, 6) is -0.157. The van der Waals surface area contributed by atoms with Gasteiger partial charge in [0.25, 0.3) is 5.91 Å². The first-order chi connectivity index (χ1) is 18.6. The molecule has 218 valence electrons. The summed E-state index contributed by atoms with van der Waals surface area (Å²) in [5.41, 5.74) is 4.66. The average Bonchev–Trinajstić information content (AvgIpc) is 3.54. The number of hydrogen-bond donors (Lipinski definition) is 2. The van der Waals surface area contributed by atoms with Crippen molar-refractivity contribution in [1.82, 2.24) is 10.2 Å². The molecule has 1 saturated carbocycles. The topological polar surface area (TPSA) is 87.7 Å². The third kappa shape index (κ3) is 7.64. The van der Waals surface area contributed by atoms with Crippen LogP contribution in [0.25, 0.3) is 0 Å². The molecule has 1 aliphatic rings. The summed E-state index contributed by atoms with van der Waals surface area (Å²) in [6.07, 6.45) is 0.581. The Labute approximate surface area is 240 Å². The van der Waals surface area contributed by atoms with Crippen molar-refractivity contribution >= 4 is 23.6 Å². The molecule has 4 unspecified atom stereocenters. The second-order valence-electron chi connectivity index (χ2n) is 12.8. The molecule has 3 rings (SSSR count). The van der Waals surface area contributed by atoms with Gasteiger partial charge in [-0.25, -0.2) is 4.79 Å². The molecule has 2 aromatic carbocycles. The number of carbonyl (C=O) groups is 3. The van der Waals surface area contributed by atoms with Crippen LogP contribution in [0.15, 0.2) is 36.4 Å². The van der Waals surface area contributed by atoms with Crippen molar-refractivity contribution in [1.29, 1.82) is 0 Å². The molecule has 0 radical (unpaired) electrons. The number of ether oxygens (including phenoxy) is 1. The van der Waals surface area contributed by atoms with Gasteiger partial charge in [0, 0.05) is 11.7 Å². The molecule has 1 fully saturated rings. The summed E-state index contributed by atoms with van der Waals surface area (Å²) < 4.78 is 5.51. The summed E-state index contributed by atoms with van der Waals surface area (Å²) in [4.78, 5) is 43.4. The number of benzene rings is 2. The van der Waals surface area contributed by atoms with Crippen LogP contribution < -0.4 is 10.6 Å². The van der Waals surface area contributed by atoms with E-state index in [1.165, 1.54) is 0 Å². The maximum Gasteiger partial charge on any atom is 0.408 e. The molecule has 0 aliphatic heterocycles. The second kappa shape index (κ2) is 12.4. The highest BCUT2D eigenvalue weighted by Gasteiger charge is 2.49. The van der Waals surface area contributed by atoms with Gasteiger partial charge in [-0.1, -0.05) is 57.2 Å². The van der Waals surface area contributed by atoms with E-state index >= 15 is 0 Å². The van der Waals surface area contributed by atoms with E-state index in [4.69, 9.17) is 4.74 Å². The Hall–Kier alpha value is -3.35. The van der Waals surface area contributed by atoms with Gasteiger partial charge < -0.3 is 20.3 Å². The number of nitrogens with zero attached hydrogens (tertiary/aromatic N) is 1. The van der Waals surface area contributed by atoms with Crippen LogP contribution in [0.3, 0.4) is 0 Å². The molecule has 0 spiro atoms. The first kappa shape index (κ1) is 31.2. The predicted molar refractivity (Wildman–Crippen MR) is 160 cm³/mol. The number of nitrogens with one attached hydrogen (secondary N) is 2. The van der Waals surface area contributed by atoms with Gasteiger partial charge in [0.15, 0.2) is 0 Å². The molecular weight excluding hydrogens is 502 g/mol. The molecular formula is C33H47N3O4. The van der Waals surface area contributed by atoms with Gasteiger partial charge in [-0.3, -0.25) is 9.59 Å². The third-order valence-electron chi connectivity index (χ3n) is 7.45. The Bertz CT molecular complexity index is 1210. The van der Waals surface area contributed by atoms with Crippen LogP contribution in [-0.2, 0) is 14.3 Å². The van der Waals surface area contributed by atoms with Crippen LogP contribution in [0.5, 0.6) is 0 Å². The third-order valence-corrected chi connectivity index (χ3v) is 7.45. The lowest BCUT2D eigenvalue weighted by Crippen LogP contribution is -2.54. The Morgan fingerprint density at radius 2 is 1.45 bits per heavy atom. The van der Waals surface area contributed by atoms with Crippen LogP contribution in [0, 0.1) is 39.5 Å². The summed E-state index contributed by atoms with van der Waals surface area (Å²) >= 11 is 0. The van der Waals surface area contributed by atoms with E-state index in [9.17, 15) is 14.4 Å². The molecule has 7 heteroatoms. The number of rotatable bonds is 9. The number of hydrogen-bond acceptors (Lipinski definition) is 4. The van der Waals surface area contributed by atoms with Gasteiger partial charge in [0.1, 0.15) is 17.7 Å². The zero-order chi connectivity index (χ0) is 29.9. The van der Waals surface area contributed by atoms with E-state index in [2.05, 4.69) is 17.6 Å². The molecule has 7 nitrogen and oxygen atoms in total. The number of aryl methyl sites for hydroxylation is 4. The van der Waals surface area contributed by atoms with Crippen molar-refractivity contribution in [2.24, 2.45) is 11.8 Å². The fourth-order valence-electron chi connectivity index (χ4n) is 5.35. The molecule has 0 saturated heterocycles. The molecule has 0 aromatic heterocycles. The number of alkyl carbamates (subject to hydrolysis) is 1. The van der Waals surface area contributed by atoms with E-state index < -0.39 is 23.8 Å². The monoisotopic (exact) mass is 549 g/mol. The highest BCUT2D eigenvalue weighted by atomic mass is 16.6. The maximum absolute atomic E-state index is 14.5.